The minimum Gasteiger partial charge on any atom is -0.378 e. The molecule has 1 aromatic carbocycles. The maximum absolute atomic E-state index is 12.4. The van der Waals surface area contributed by atoms with Crippen LogP contribution in [0.1, 0.15) is 5.69 Å². The lowest BCUT2D eigenvalue weighted by molar-refractivity contribution is 0.122. The molecule has 1 aliphatic rings. The largest absolute Gasteiger partial charge is 0.378 e. The second-order valence-electron chi connectivity index (χ2n) is 5.35. The van der Waals surface area contributed by atoms with Gasteiger partial charge < -0.3 is 9.64 Å². The third-order valence-electron chi connectivity index (χ3n) is 3.64. The highest BCUT2D eigenvalue weighted by atomic mass is 35.5. The molecule has 0 atom stereocenters. The minimum atomic E-state index is -3.72. The number of ether oxygens (including phenoxy) is 1. The van der Waals surface area contributed by atoms with E-state index in [4.69, 9.17) is 27.9 Å². The fourth-order valence-electron chi connectivity index (χ4n) is 2.30. The first-order chi connectivity index (χ1) is 12.0. The third kappa shape index (κ3) is 4.59. The SMILES string of the molecule is O=S(=O)(NCc1ccnc(N2CCOCC2)n1)c1ccc(Cl)c(Cl)c1. The second kappa shape index (κ2) is 7.84. The number of nitrogens with zero attached hydrogens (tertiary/aromatic N) is 3. The van der Waals surface area contributed by atoms with Gasteiger partial charge in [-0.2, -0.15) is 0 Å². The van der Waals surface area contributed by atoms with E-state index in [1.807, 2.05) is 4.90 Å². The van der Waals surface area contributed by atoms with Crippen LogP contribution >= 0.6 is 23.2 Å². The monoisotopic (exact) mass is 402 g/mol. The van der Waals surface area contributed by atoms with Crippen molar-refractivity contribution in [2.45, 2.75) is 11.4 Å². The van der Waals surface area contributed by atoms with E-state index in [2.05, 4.69) is 14.7 Å². The van der Waals surface area contributed by atoms with E-state index in [1.165, 1.54) is 18.2 Å². The van der Waals surface area contributed by atoms with Gasteiger partial charge in [0.15, 0.2) is 0 Å². The summed E-state index contributed by atoms with van der Waals surface area (Å²) in [6, 6.07) is 5.82. The van der Waals surface area contributed by atoms with E-state index >= 15 is 0 Å². The van der Waals surface area contributed by atoms with Gasteiger partial charge >= 0.3 is 0 Å². The summed E-state index contributed by atoms with van der Waals surface area (Å²) in [5.41, 5.74) is 0.570. The van der Waals surface area contributed by atoms with Crippen molar-refractivity contribution in [3.8, 4) is 0 Å². The number of nitrogens with one attached hydrogen (secondary N) is 1. The van der Waals surface area contributed by atoms with Gasteiger partial charge in [0.2, 0.25) is 16.0 Å². The van der Waals surface area contributed by atoms with Crippen molar-refractivity contribution in [1.82, 2.24) is 14.7 Å². The Labute approximate surface area is 156 Å². The molecule has 0 aliphatic carbocycles. The molecular weight excluding hydrogens is 387 g/mol. The standard InChI is InChI=1S/C15H16Cl2N4O3S/c16-13-2-1-12(9-14(13)17)25(22,23)19-10-11-3-4-18-15(20-11)21-5-7-24-8-6-21/h1-4,9,19H,5-8,10H2. The number of rotatable bonds is 5. The summed E-state index contributed by atoms with van der Waals surface area (Å²) < 4.78 is 32.6. The van der Waals surface area contributed by atoms with Crippen LogP contribution in [0.4, 0.5) is 5.95 Å². The Balaban J connectivity index is 1.71. The Bertz CT molecular complexity index is 858. The molecule has 1 saturated heterocycles. The average Bonchev–Trinajstić information content (AvgIpc) is 2.63. The molecule has 2 aromatic rings. The number of morpholine rings is 1. The summed E-state index contributed by atoms with van der Waals surface area (Å²) in [7, 11) is -3.72. The quantitative estimate of drug-likeness (QED) is 0.823. The maximum Gasteiger partial charge on any atom is 0.240 e. The number of hydrogen-bond acceptors (Lipinski definition) is 6. The summed E-state index contributed by atoms with van der Waals surface area (Å²) in [5, 5.41) is 0.479. The van der Waals surface area contributed by atoms with E-state index in [1.54, 1.807) is 12.3 Å². The minimum absolute atomic E-state index is 0.0441. The van der Waals surface area contributed by atoms with Crippen molar-refractivity contribution in [1.29, 1.82) is 0 Å². The van der Waals surface area contributed by atoms with Crippen LogP contribution in [-0.2, 0) is 21.3 Å². The number of aromatic nitrogens is 2. The van der Waals surface area contributed by atoms with E-state index in [0.29, 0.717) is 43.0 Å². The van der Waals surface area contributed by atoms with Gasteiger partial charge in [-0.3, -0.25) is 0 Å². The van der Waals surface area contributed by atoms with Crippen molar-refractivity contribution in [2.24, 2.45) is 0 Å². The van der Waals surface area contributed by atoms with Gasteiger partial charge in [0, 0.05) is 19.3 Å². The lowest BCUT2D eigenvalue weighted by Crippen LogP contribution is -2.37. The zero-order valence-electron chi connectivity index (χ0n) is 13.2. The van der Waals surface area contributed by atoms with E-state index in [9.17, 15) is 8.42 Å². The molecule has 1 aromatic heterocycles. The van der Waals surface area contributed by atoms with Gasteiger partial charge in [-0.15, -0.1) is 0 Å². The highest BCUT2D eigenvalue weighted by Crippen LogP contribution is 2.24. The van der Waals surface area contributed by atoms with E-state index < -0.39 is 10.0 Å². The molecule has 0 amide bonds. The predicted molar refractivity (Wildman–Crippen MR) is 95.6 cm³/mol. The van der Waals surface area contributed by atoms with Gasteiger partial charge in [0.1, 0.15) is 0 Å². The molecule has 0 bridgehead atoms. The Morgan fingerprint density at radius 2 is 1.92 bits per heavy atom. The lowest BCUT2D eigenvalue weighted by atomic mass is 10.4. The van der Waals surface area contributed by atoms with Crippen LogP contribution < -0.4 is 9.62 Å². The first kappa shape index (κ1) is 18.3. The molecule has 134 valence electrons. The molecule has 0 radical (unpaired) electrons. The fraction of sp³-hybridized carbons (Fsp3) is 0.333. The Morgan fingerprint density at radius 3 is 2.64 bits per heavy atom. The lowest BCUT2D eigenvalue weighted by Gasteiger charge is -2.26. The molecule has 3 rings (SSSR count). The first-order valence-corrected chi connectivity index (χ1v) is 9.79. The number of benzene rings is 1. The fourth-order valence-corrected chi connectivity index (χ4v) is 3.68. The molecule has 25 heavy (non-hydrogen) atoms. The summed E-state index contributed by atoms with van der Waals surface area (Å²) in [6.45, 7) is 2.70. The number of hydrogen-bond donors (Lipinski definition) is 1. The molecule has 1 aliphatic heterocycles. The molecule has 7 nitrogen and oxygen atoms in total. The first-order valence-electron chi connectivity index (χ1n) is 7.55. The molecule has 0 spiro atoms. The van der Waals surface area contributed by atoms with Crippen LogP contribution in [0.25, 0.3) is 0 Å². The van der Waals surface area contributed by atoms with Crippen molar-refractivity contribution < 1.29 is 13.2 Å². The predicted octanol–water partition coefficient (Wildman–Crippen LogP) is 2.10. The third-order valence-corrected chi connectivity index (χ3v) is 5.78. The molecule has 10 heteroatoms. The Hall–Kier alpha value is -1.45. The summed E-state index contributed by atoms with van der Waals surface area (Å²) in [4.78, 5) is 10.7. The summed E-state index contributed by atoms with van der Waals surface area (Å²) in [5.74, 6) is 0.564. The van der Waals surface area contributed by atoms with E-state index in [-0.39, 0.29) is 16.5 Å². The smallest absolute Gasteiger partial charge is 0.240 e. The molecule has 1 fully saturated rings. The van der Waals surface area contributed by atoms with Crippen LogP contribution in [0.5, 0.6) is 0 Å². The Kier molecular flexibility index (Phi) is 5.75. The highest BCUT2D eigenvalue weighted by Gasteiger charge is 2.17. The molecule has 1 N–H and O–H groups in total. The van der Waals surface area contributed by atoms with Crippen molar-refractivity contribution in [3.05, 3.63) is 46.2 Å². The van der Waals surface area contributed by atoms with Crippen LogP contribution in [-0.4, -0.2) is 44.7 Å². The second-order valence-corrected chi connectivity index (χ2v) is 7.93. The zero-order valence-corrected chi connectivity index (χ0v) is 15.5. The topological polar surface area (TPSA) is 84.4 Å². The summed E-state index contributed by atoms with van der Waals surface area (Å²) >= 11 is 11.7. The molecule has 0 saturated carbocycles. The Morgan fingerprint density at radius 1 is 1.16 bits per heavy atom. The molecule has 2 heterocycles. The van der Waals surface area contributed by atoms with Crippen LogP contribution in [0.15, 0.2) is 35.4 Å². The van der Waals surface area contributed by atoms with Crippen molar-refractivity contribution in [3.63, 3.8) is 0 Å². The van der Waals surface area contributed by atoms with Crippen LogP contribution in [0.3, 0.4) is 0 Å². The van der Waals surface area contributed by atoms with Crippen LogP contribution in [0, 0.1) is 0 Å². The highest BCUT2D eigenvalue weighted by molar-refractivity contribution is 7.89. The van der Waals surface area contributed by atoms with Gasteiger partial charge in [-0.1, -0.05) is 23.2 Å². The normalized spacial score (nSPS) is 15.4. The van der Waals surface area contributed by atoms with E-state index in [0.717, 1.165) is 0 Å². The van der Waals surface area contributed by atoms with Crippen LogP contribution in [0.2, 0.25) is 10.0 Å². The summed E-state index contributed by atoms with van der Waals surface area (Å²) in [6.07, 6.45) is 1.61. The number of halogens is 2. The average molecular weight is 403 g/mol. The van der Waals surface area contributed by atoms with Gasteiger partial charge in [-0.05, 0) is 24.3 Å². The van der Waals surface area contributed by atoms with Gasteiger partial charge in [0.05, 0.1) is 40.4 Å². The van der Waals surface area contributed by atoms with Crippen molar-refractivity contribution in [2.75, 3.05) is 31.2 Å². The molecule has 0 unspecified atom stereocenters. The van der Waals surface area contributed by atoms with Gasteiger partial charge in [0.25, 0.3) is 0 Å². The number of anilines is 1. The van der Waals surface area contributed by atoms with Gasteiger partial charge in [-0.25, -0.2) is 23.1 Å². The maximum atomic E-state index is 12.4. The molecular formula is C15H16Cl2N4O3S. The van der Waals surface area contributed by atoms with Crippen molar-refractivity contribution >= 4 is 39.2 Å². The zero-order chi connectivity index (χ0) is 17.9. The number of sulfonamides is 1.